The van der Waals surface area contributed by atoms with Crippen molar-refractivity contribution in [2.45, 2.75) is 25.8 Å². The maximum Gasteiger partial charge on any atom is 0.225 e. The van der Waals surface area contributed by atoms with Gasteiger partial charge in [0.1, 0.15) is 5.82 Å². The minimum atomic E-state index is -0.272. The second kappa shape index (κ2) is 9.38. The molecule has 1 unspecified atom stereocenters. The molecule has 4 rings (SSSR count). The molecule has 1 amide bonds. The zero-order valence-electron chi connectivity index (χ0n) is 17.3. The fraction of sp³-hybridized carbons (Fsp3) is 0.500. The van der Waals surface area contributed by atoms with Crippen molar-refractivity contribution < 1.29 is 13.9 Å². The first-order valence-electron chi connectivity index (χ1n) is 10.6. The van der Waals surface area contributed by atoms with Crippen LogP contribution in [0.15, 0.2) is 36.7 Å². The number of carbonyl (C=O) groups excluding carboxylic acids is 1. The molecular weight excluding hydrogens is 385 g/mol. The van der Waals surface area contributed by atoms with Crippen LogP contribution in [-0.2, 0) is 9.53 Å². The number of hydrogen-bond acceptors (Lipinski definition) is 6. The number of nitrogens with one attached hydrogen (secondary N) is 1. The van der Waals surface area contributed by atoms with Crippen LogP contribution in [0.3, 0.4) is 0 Å². The number of amides is 1. The van der Waals surface area contributed by atoms with Crippen LogP contribution in [0.5, 0.6) is 0 Å². The largest absolute Gasteiger partial charge is 0.378 e. The van der Waals surface area contributed by atoms with Crippen LogP contribution in [0, 0.1) is 11.7 Å². The first-order chi connectivity index (χ1) is 14.6. The highest BCUT2D eigenvalue weighted by molar-refractivity contribution is 5.79. The van der Waals surface area contributed by atoms with Crippen LogP contribution in [0.2, 0.25) is 0 Å². The van der Waals surface area contributed by atoms with E-state index in [0.717, 1.165) is 56.2 Å². The summed E-state index contributed by atoms with van der Waals surface area (Å²) < 4.78 is 18.5. The van der Waals surface area contributed by atoms with Gasteiger partial charge in [-0.2, -0.15) is 0 Å². The van der Waals surface area contributed by atoms with Gasteiger partial charge in [-0.15, -0.1) is 0 Å². The Bertz CT molecular complexity index is 832. The van der Waals surface area contributed by atoms with E-state index in [9.17, 15) is 9.18 Å². The summed E-state index contributed by atoms with van der Waals surface area (Å²) >= 11 is 0. The van der Waals surface area contributed by atoms with E-state index in [1.165, 1.54) is 12.1 Å². The standard InChI is InChI=1S/C22H28FN5O2/c1-16(17-2-4-19(23)5-3-17)26-21(29)18-6-8-27(9-7-18)20-14-24-22(25-15-20)28-10-12-30-13-11-28/h2-5,14-16,18H,6-13H2,1H3,(H,26,29). The van der Waals surface area contributed by atoms with Gasteiger partial charge < -0.3 is 19.9 Å². The SMILES string of the molecule is CC(NC(=O)C1CCN(c2cnc(N3CCOCC3)nc2)CC1)c1ccc(F)cc1. The molecule has 30 heavy (non-hydrogen) atoms. The number of piperidine rings is 1. The summed E-state index contributed by atoms with van der Waals surface area (Å²) in [7, 11) is 0. The monoisotopic (exact) mass is 413 g/mol. The zero-order valence-corrected chi connectivity index (χ0v) is 17.3. The Morgan fingerprint density at radius 2 is 1.70 bits per heavy atom. The molecule has 1 aromatic heterocycles. The zero-order chi connectivity index (χ0) is 20.9. The molecule has 0 aliphatic carbocycles. The predicted molar refractivity (Wildman–Crippen MR) is 113 cm³/mol. The molecular formula is C22H28FN5O2. The minimum absolute atomic E-state index is 0.0160. The van der Waals surface area contributed by atoms with E-state index in [1.807, 2.05) is 19.3 Å². The summed E-state index contributed by atoms with van der Waals surface area (Å²) in [5.41, 5.74) is 1.89. The van der Waals surface area contributed by atoms with Gasteiger partial charge in [0.05, 0.1) is 37.3 Å². The number of benzene rings is 1. The molecule has 1 aromatic carbocycles. The lowest BCUT2D eigenvalue weighted by atomic mass is 9.95. The molecule has 0 radical (unpaired) electrons. The second-order valence-corrected chi connectivity index (χ2v) is 7.88. The van der Waals surface area contributed by atoms with Crippen molar-refractivity contribution in [2.24, 2.45) is 5.92 Å². The maximum absolute atomic E-state index is 13.1. The van der Waals surface area contributed by atoms with Gasteiger partial charge in [-0.25, -0.2) is 14.4 Å². The number of halogens is 1. The third kappa shape index (κ3) is 4.87. The molecule has 2 aliphatic rings. The molecule has 2 fully saturated rings. The molecule has 2 aliphatic heterocycles. The Hall–Kier alpha value is -2.74. The molecule has 2 saturated heterocycles. The number of aromatic nitrogens is 2. The van der Waals surface area contributed by atoms with Gasteiger partial charge >= 0.3 is 0 Å². The fourth-order valence-electron chi connectivity index (χ4n) is 3.97. The highest BCUT2D eigenvalue weighted by Gasteiger charge is 2.26. The lowest BCUT2D eigenvalue weighted by Crippen LogP contribution is -2.41. The fourth-order valence-corrected chi connectivity index (χ4v) is 3.97. The van der Waals surface area contributed by atoms with E-state index < -0.39 is 0 Å². The molecule has 160 valence electrons. The Balaban J connectivity index is 1.28. The third-order valence-corrected chi connectivity index (χ3v) is 5.88. The van der Waals surface area contributed by atoms with E-state index in [-0.39, 0.29) is 23.7 Å². The molecule has 0 bridgehead atoms. The summed E-state index contributed by atoms with van der Waals surface area (Å²) in [4.78, 5) is 26.1. The number of anilines is 2. The predicted octanol–water partition coefficient (Wildman–Crippen LogP) is 2.55. The lowest BCUT2D eigenvalue weighted by molar-refractivity contribution is -0.126. The van der Waals surface area contributed by atoms with E-state index in [4.69, 9.17) is 4.74 Å². The lowest BCUT2D eigenvalue weighted by Gasteiger charge is -2.33. The molecule has 0 saturated carbocycles. The second-order valence-electron chi connectivity index (χ2n) is 7.88. The Morgan fingerprint density at radius 3 is 2.33 bits per heavy atom. The summed E-state index contributed by atoms with van der Waals surface area (Å²) in [5, 5.41) is 3.06. The first-order valence-corrected chi connectivity index (χ1v) is 10.6. The smallest absolute Gasteiger partial charge is 0.225 e. The van der Waals surface area contributed by atoms with Crippen molar-refractivity contribution >= 4 is 17.5 Å². The van der Waals surface area contributed by atoms with Gasteiger partial charge in [0.2, 0.25) is 11.9 Å². The number of morpholine rings is 1. The summed E-state index contributed by atoms with van der Waals surface area (Å²) in [5.74, 6) is 0.515. The molecule has 8 heteroatoms. The number of carbonyl (C=O) groups is 1. The van der Waals surface area contributed by atoms with Crippen molar-refractivity contribution in [3.8, 4) is 0 Å². The van der Waals surface area contributed by atoms with Gasteiger partial charge in [-0.05, 0) is 37.5 Å². The molecule has 2 aromatic rings. The Labute approximate surface area is 176 Å². The summed E-state index contributed by atoms with van der Waals surface area (Å²) in [6.45, 7) is 6.56. The molecule has 0 spiro atoms. The van der Waals surface area contributed by atoms with E-state index in [1.54, 1.807) is 12.1 Å². The highest BCUT2D eigenvalue weighted by atomic mass is 19.1. The normalized spacial score (nSPS) is 18.9. The van der Waals surface area contributed by atoms with Crippen molar-refractivity contribution in [1.29, 1.82) is 0 Å². The Morgan fingerprint density at radius 1 is 1.07 bits per heavy atom. The van der Waals surface area contributed by atoms with Gasteiger partial charge in [0.25, 0.3) is 0 Å². The van der Waals surface area contributed by atoms with Crippen molar-refractivity contribution in [3.63, 3.8) is 0 Å². The van der Waals surface area contributed by atoms with Crippen molar-refractivity contribution in [3.05, 3.63) is 48.0 Å². The number of hydrogen-bond donors (Lipinski definition) is 1. The van der Waals surface area contributed by atoms with Crippen LogP contribution in [0.4, 0.5) is 16.0 Å². The number of ether oxygens (including phenoxy) is 1. The third-order valence-electron chi connectivity index (χ3n) is 5.88. The summed E-state index contributed by atoms with van der Waals surface area (Å²) in [6.07, 6.45) is 5.31. The molecule has 1 N–H and O–H groups in total. The van der Waals surface area contributed by atoms with Gasteiger partial charge in [0.15, 0.2) is 0 Å². The quantitative estimate of drug-likeness (QED) is 0.812. The minimum Gasteiger partial charge on any atom is -0.378 e. The van der Waals surface area contributed by atoms with Crippen LogP contribution < -0.4 is 15.1 Å². The first kappa shape index (κ1) is 20.5. The molecule has 7 nitrogen and oxygen atoms in total. The average Bonchev–Trinajstić information content (AvgIpc) is 2.80. The number of rotatable bonds is 5. The van der Waals surface area contributed by atoms with Crippen LogP contribution in [0.25, 0.3) is 0 Å². The number of nitrogens with zero attached hydrogens (tertiary/aromatic N) is 4. The van der Waals surface area contributed by atoms with Crippen molar-refractivity contribution in [2.75, 3.05) is 49.2 Å². The van der Waals surface area contributed by atoms with Gasteiger partial charge in [-0.3, -0.25) is 4.79 Å². The van der Waals surface area contributed by atoms with Crippen LogP contribution >= 0.6 is 0 Å². The van der Waals surface area contributed by atoms with Gasteiger partial charge in [-0.1, -0.05) is 12.1 Å². The van der Waals surface area contributed by atoms with E-state index in [2.05, 4.69) is 25.1 Å². The summed E-state index contributed by atoms with van der Waals surface area (Å²) in [6, 6.07) is 6.12. The van der Waals surface area contributed by atoms with Gasteiger partial charge in [0, 0.05) is 32.1 Å². The van der Waals surface area contributed by atoms with Crippen LogP contribution in [0.1, 0.15) is 31.4 Å². The van der Waals surface area contributed by atoms with E-state index >= 15 is 0 Å². The van der Waals surface area contributed by atoms with Crippen molar-refractivity contribution in [1.82, 2.24) is 15.3 Å². The van der Waals surface area contributed by atoms with Crippen LogP contribution in [-0.4, -0.2) is 55.3 Å². The molecule has 1 atom stereocenters. The maximum atomic E-state index is 13.1. The topological polar surface area (TPSA) is 70.6 Å². The van der Waals surface area contributed by atoms with E-state index in [0.29, 0.717) is 13.2 Å². The highest BCUT2D eigenvalue weighted by Crippen LogP contribution is 2.24. The Kier molecular flexibility index (Phi) is 6.42. The average molecular weight is 413 g/mol. The molecule has 3 heterocycles.